The monoisotopic (exact) mass is 121 g/mol. The second-order valence-electron chi connectivity index (χ2n) is 1.63. The van der Waals surface area contributed by atoms with Gasteiger partial charge in [-0.25, -0.2) is 4.98 Å². The summed E-state index contributed by atoms with van der Waals surface area (Å²) in [7, 11) is 1.57. The lowest BCUT2D eigenvalue weighted by Crippen LogP contribution is -1.85. The molecule has 0 N–H and O–H groups in total. The van der Waals surface area contributed by atoms with E-state index in [0.29, 0.717) is 11.4 Å². The molecule has 0 aliphatic heterocycles. The lowest BCUT2D eigenvalue weighted by molar-refractivity contribution is 0.398. The minimum atomic E-state index is 0.587. The first kappa shape index (κ1) is 6.08. The Morgan fingerprint density at radius 3 is 2.78 bits per heavy atom. The third-order valence-electron chi connectivity index (χ3n) is 0.968. The van der Waals surface area contributed by atoms with Crippen LogP contribution in [0.5, 0.6) is 5.88 Å². The van der Waals surface area contributed by atoms with E-state index >= 15 is 0 Å². The molecule has 1 aromatic rings. The number of rotatable bonds is 1. The van der Waals surface area contributed by atoms with Crippen LogP contribution < -0.4 is 4.74 Å². The number of hydrogen-bond acceptors (Lipinski definition) is 2. The zero-order valence-electron chi connectivity index (χ0n) is 5.16. The SMILES string of the molecule is [CH]c1ccc(OC)nc1. The van der Waals surface area contributed by atoms with Gasteiger partial charge in [0.15, 0.2) is 0 Å². The minimum Gasteiger partial charge on any atom is -0.481 e. The summed E-state index contributed by atoms with van der Waals surface area (Å²) in [5.74, 6) is 0.587. The number of methoxy groups -OCH3 is 1. The van der Waals surface area contributed by atoms with Crippen molar-refractivity contribution in [3.8, 4) is 5.88 Å². The molecule has 0 unspecified atom stereocenters. The number of nitrogens with zero attached hydrogens (tertiary/aromatic N) is 1. The van der Waals surface area contributed by atoms with E-state index in [1.807, 2.05) is 0 Å². The lowest BCUT2D eigenvalue weighted by Gasteiger charge is -1.95. The Morgan fingerprint density at radius 2 is 2.33 bits per heavy atom. The predicted octanol–water partition coefficient (Wildman–Crippen LogP) is 1.15. The van der Waals surface area contributed by atoms with E-state index in [2.05, 4.69) is 4.98 Å². The van der Waals surface area contributed by atoms with Gasteiger partial charge < -0.3 is 4.74 Å². The van der Waals surface area contributed by atoms with E-state index in [1.165, 1.54) is 0 Å². The van der Waals surface area contributed by atoms with Gasteiger partial charge in [-0.15, -0.1) is 0 Å². The van der Waals surface area contributed by atoms with E-state index in [4.69, 9.17) is 11.7 Å². The number of pyridine rings is 1. The maximum Gasteiger partial charge on any atom is 0.212 e. The van der Waals surface area contributed by atoms with Crippen LogP contribution >= 0.6 is 0 Å². The Bertz CT molecular complexity index is 181. The van der Waals surface area contributed by atoms with Crippen molar-refractivity contribution in [2.75, 3.05) is 7.11 Å². The molecule has 0 saturated carbocycles. The summed E-state index contributed by atoms with van der Waals surface area (Å²) in [6.45, 7) is 5.36. The standard InChI is InChI=1S/C7H7NO/c1-6-3-4-7(9-2)8-5-6/h1,3-5H,2H3. The highest BCUT2D eigenvalue weighted by atomic mass is 16.5. The van der Waals surface area contributed by atoms with Gasteiger partial charge >= 0.3 is 0 Å². The lowest BCUT2D eigenvalue weighted by atomic mass is 10.3. The highest BCUT2D eigenvalue weighted by Gasteiger charge is 1.87. The maximum absolute atomic E-state index is 5.36. The van der Waals surface area contributed by atoms with Crippen molar-refractivity contribution in [1.29, 1.82) is 0 Å². The van der Waals surface area contributed by atoms with E-state index < -0.39 is 0 Å². The number of hydrogen-bond donors (Lipinski definition) is 0. The van der Waals surface area contributed by atoms with E-state index in [0.717, 1.165) is 0 Å². The maximum atomic E-state index is 5.36. The molecule has 0 fully saturated rings. The number of ether oxygens (including phenoxy) is 1. The topological polar surface area (TPSA) is 22.1 Å². The molecule has 0 aliphatic carbocycles. The first-order valence-corrected chi connectivity index (χ1v) is 2.58. The first-order valence-electron chi connectivity index (χ1n) is 2.58. The molecule has 0 aliphatic rings. The predicted molar refractivity (Wildman–Crippen MR) is 34.2 cm³/mol. The largest absolute Gasteiger partial charge is 0.481 e. The Hall–Kier alpha value is -1.05. The van der Waals surface area contributed by atoms with Gasteiger partial charge in [-0.3, -0.25) is 0 Å². The molecule has 0 saturated heterocycles. The number of aromatic nitrogens is 1. The summed E-state index contributed by atoms with van der Waals surface area (Å²) < 4.78 is 4.80. The second-order valence-corrected chi connectivity index (χ2v) is 1.63. The van der Waals surface area contributed by atoms with Crippen LogP contribution in [-0.4, -0.2) is 12.1 Å². The Balaban J connectivity index is 2.88. The molecule has 2 nitrogen and oxygen atoms in total. The van der Waals surface area contributed by atoms with Crippen molar-refractivity contribution in [2.24, 2.45) is 0 Å². The van der Waals surface area contributed by atoms with Gasteiger partial charge in [-0.05, 0) is 5.56 Å². The second kappa shape index (κ2) is 2.49. The molecule has 0 aromatic carbocycles. The molecule has 0 atom stereocenters. The molecular weight excluding hydrogens is 114 g/mol. The van der Waals surface area contributed by atoms with Crippen molar-refractivity contribution < 1.29 is 4.74 Å². The fraction of sp³-hybridized carbons (Fsp3) is 0.143. The van der Waals surface area contributed by atoms with E-state index in [9.17, 15) is 0 Å². The molecule has 9 heavy (non-hydrogen) atoms. The van der Waals surface area contributed by atoms with Gasteiger partial charge in [-0.2, -0.15) is 0 Å². The van der Waals surface area contributed by atoms with Crippen LogP contribution in [0.25, 0.3) is 0 Å². The van der Waals surface area contributed by atoms with Crippen molar-refractivity contribution in [3.63, 3.8) is 0 Å². The van der Waals surface area contributed by atoms with Crippen LogP contribution in [0.1, 0.15) is 5.56 Å². The Kier molecular flexibility index (Phi) is 1.68. The van der Waals surface area contributed by atoms with Gasteiger partial charge in [0.05, 0.1) is 7.11 Å². The molecular formula is C7H7NO. The molecule has 0 amide bonds. The highest BCUT2D eigenvalue weighted by molar-refractivity contribution is 5.19. The smallest absolute Gasteiger partial charge is 0.212 e. The van der Waals surface area contributed by atoms with Crippen LogP contribution in [0.3, 0.4) is 0 Å². The van der Waals surface area contributed by atoms with Crippen molar-refractivity contribution in [1.82, 2.24) is 4.98 Å². The molecule has 0 bridgehead atoms. The summed E-state index contributed by atoms with van der Waals surface area (Å²) in [6.07, 6.45) is 1.55. The molecule has 46 valence electrons. The van der Waals surface area contributed by atoms with E-state index in [-0.39, 0.29) is 0 Å². The van der Waals surface area contributed by atoms with Crippen molar-refractivity contribution in [3.05, 3.63) is 30.8 Å². The van der Waals surface area contributed by atoms with Gasteiger partial charge in [0, 0.05) is 19.2 Å². The Morgan fingerprint density at radius 1 is 1.56 bits per heavy atom. The Labute approximate surface area is 54.5 Å². The molecule has 2 radical (unpaired) electrons. The summed E-state index contributed by atoms with van der Waals surface area (Å²) >= 11 is 0. The minimum absolute atomic E-state index is 0.587. The third kappa shape index (κ3) is 1.42. The zero-order valence-corrected chi connectivity index (χ0v) is 5.16. The van der Waals surface area contributed by atoms with Crippen LogP contribution in [0, 0.1) is 6.92 Å². The summed E-state index contributed by atoms with van der Waals surface area (Å²) in [4.78, 5) is 3.85. The van der Waals surface area contributed by atoms with Crippen molar-refractivity contribution in [2.45, 2.75) is 0 Å². The molecule has 1 rings (SSSR count). The van der Waals surface area contributed by atoms with E-state index in [1.54, 1.807) is 25.4 Å². The molecule has 0 spiro atoms. The summed E-state index contributed by atoms with van der Waals surface area (Å²) in [6, 6.07) is 3.46. The fourth-order valence-electron chi connectivity index (χ4n) is 0.512. The average molecular weight is 121 g/mol. The average Bonchev–Trinajstić information content (AvgIpc) is 1.90. The zero-order chi connectivity index (χ0) is 6.69. The highest BCUT2D eigenvalue weighted by Crippen LogP contribution is 2.04. The van der Waals surface area contributed by atoms with Gasteiger partial charge in [-0.1, -0.05) is 6.07 Å². The normalized spacial score (nSPS) is 9.11. The van der Waals surface area contributed by atoms with Crippen LogP contribution in [-0.2, 0) is 0 Å². The quantitative estimate of drug-likeness (QED) is 0.556. The summed E-state index contributed by atoms with van der Waals surface area (Å²) in [5, 5.41) is 0. The van der Waals surface area contributed by atoms with Crippen LogP contribution in [0.15, 0.2) is 18.3 Å². The van der Waals surface area contributed by atoms with Crippen LogP contribution in [0.2, 0.25) is 0 Å². The van der Waals surface area contributed by atoms with Gasteiger partial charge in [0.25, 0.3) is 0 Å². The molecule has 1 aromatic heterocycles. The van der Waals surface area contributed by atoms with Crippen LogP contribution in [0.4, 0.5) is 0 Å². The molecule has 1 heterocycles. The third-order valence-corrected chi connectivity index (χ3v) is 0.968. The summed E-state index contributed by atoms with van der Waals surface area (Å²) in [5.41, 5.74) is 0.649. The van der Waals surface area contributed by atoms with Gasteiger partial charge in [0.2, 0.25) is 5.88 Å². The van der Waals surface area contributed by atoms with Crippen molar-refractivity contribution >= 4 is 0 Å². The van der Waals surface area contributed by atoms with Gasteiger partial charge in [0.1, 0.15) is 0 Å². The molecule has 2 heteroatoms. The fourth-order valence-corrected chi connectivity index (χ4v) is 0.512. The first-order chi connectivity index (χ1) is 4.33.